The highest BCUT2D eigenvalue weighted by molar-refractivity contribution is 4.76. The summed E-state index contributed by atoms with van der Waals surface area (Å²) in [5.74, 6) is 0. The molecule has 0 heteroatoms. The maximum absolute atomic E-state index is 3.68. The van der Waals surface area contributed by atoms with Gasteiger partial charge in [-0.1, -0.05) is 83.4 Å². The molecule has 0 amide bonds. The summed E-state index contributed by atoms with van der Waals surface area (Å²) in [4.78, 5) is 0. The van der Waals surface area contributed by atoms with Crippen LogP contribution in [0.4, 0.5) is 0 Å². The van der Waals surface area contributed by atoms with E-state index in [1.165, 1.54) is 77.0 Å². The fraction of sp³-hybridized carbons (Fsp3) is 0.789. The van der Waals surface area contributed by atoms with Crippen molar-refractivity contribution in [2.45, 2.75) is 97.8 Å². The van der Waals surface area contributed by atoms with Crippen LogP contribution in [0.1, 0.15) is 97.8 Å². The fourth-order valence-corrected chi connectivity index (χ4v) is 1.92. The van der Waals surface area contributed by atoms with Crippen LogP contribution in [0.25, 0.3) is 0 Å². The minimum atomic E-state index is 1.20. The van der Waals surface area contributed by atoms with Crippen molar-refractivity contribution >= 4 is 0 Å². The Morgan fingerprint density at radius 1 is 0.684 bits per heavy atom. The lowest BCUT2D eigenvalue weighted by atomic mass is 10.1. The third-order valence-electron chi connectivity index (χ3n) is 3.22. The van der Waals surface area contributed by atoms with E-state index in [2.05, 4.69) is 39.5 Å². The Balaban J connectivity index is 0. The SMILES string of the molecule is C=CCCCCCCC.CC=CCCCCCCC. The van der Waals surface area contributed by atoms with E-state index in [0.717, 1.165) is 0 Å². The molecule has 0 unspecified atom stereocenters. The highest BCUT2D eigenvalue weighted by atomic mass is 13.9. The van der Waals surface area contributed by atoms with E-state index >= 15 is 0 Å². The molecule has 0 aliphatic carbocycles. The van der Waals surface area contributed by atoms with E-state index in [-0.39, 0.29) is 0 Å². The third-order valence-corrected chi connectivity index (χ3v) is 3.22. The van der Waals surface area contributed by atoms with Gasteiger partial charge < -0.3 is 0 Å². The van der Waals surface area contributed by atoms with E-state index in [4.69, 9.17) is 0 Å². The molecule has 0 nitrogen and oxygen atoms in total. The zero-order valence-corrected chi connectivity index (χ0v) is 13.9. The molecule has 0 saturated heterocycles. The van der Waals surface area contributed by atoms with E-state index < -0.39 is 0 Å². The van der Waals surface area contributed by atoms with Gasteiger partial charge in [-0.05, 0) is 32.6 Å². The summed E-state index contributed by atoms with van der Waals surface area (Å²) in [5.41, 5.74) is 0. The van der Waals surface area contributed by atoms with Crippen LogP contribution in [0.15, 0.2) is 24.8 Å². The third kappa shape index (κ3) is 26.9. The second-order valence-corrected chi connectivity index (χ2v) is 5.26. The van der Waals surface area contributed by atoms with Crippen LogP contribution in [-0.2, 0) is 0 Å². The smallest absolute Gasteiger partial charge is 0.0351 e. The lowest BCUT2D eigenvalue weighted by molar-refractivity contribution is 0.637. The lowest BCUT2D eigenvalue weighted by Gasteiger charge is -1.95. The number of allylic oxidation sites excluding steroid dienone is 3. The first-order valence-corrected chi connectivity index (χ1v) is 8.55. The van der Waals surface area contributed by atoms with Gasteiger partial charge in [-0.3, -0.25) is 0 Å². The molecule has 0 radical (unpaired) electrons. The second-order valence-electron chi connectivity index (χ2n) is 5.26. The highest BCUT2D eigenvalue weighted by Crippen LogP contribution is 2.05. The molecule has 0 rings (SSSR count). The van der Waals surface area contributed by atoms with Gasteiger partial charge in [-0.15, -0.1) is 6.58 Å². The minimum Gasteiger partial charge on any atom is -0.103 e. The average Bonchev–Trinajstić information content (AvgIpc) is 2.43. The molecule has 114 valence electrons. The average molecular weight is 267 g/mol. The molecule has 19 heavy (non-hydrogen) atoms. The van der Waals surface area contributed by atoms with Crippen LogP contribution in [0.2, 0.25) is 0 Å². The Bertz CT molecular complexity index is 167. The van der Waals surface area contributed by atoms with E-state index in [0.29, 0.717) is 0 Å². The molecule has 0 aromatic carbocycles. The van der Waals surface area contributed by atoms with Crippen LogP contribution < -0.4 is 0 Å². The maximum atomic E-state index is 3.68. The normalized spacial score (nSPS) is 10.3. The van der Waals surface area contributed by atoms with Gasteiger partial charge in [0.1, 0.15) is 0 Å². The standard InChI is InChI=1S/C10H20.C9H18/c1-3-5-7-9-10-8-6-4-2;1-3-5-7-9-8-6-4-2/h3,5H,4,6-10H2,1-2H3;3H,1,4-9H2,2H3. The van der Waals surface area contributed by atoms with Crippen LogP contribution in [-0.4, -0.2) is 0 Å². The van der Waals surface area contributed by atoms with Crippen molar-refractivity contribution in [1.82, 2.24) is 0 Å². The zero-order chi connectivity index (χ0) is 14.6. The van der Waals surface area contributed by atoms with Gasteiger partial charge in [0, 0.05) is 0 Å². The summed E-state index contributed by atoms with van der Waals surface area (Å²) < 4.78 is 0. The van der Waals surface area contributed by atoms with Crippen molar-refractivity contribution in [2.24, 2.45) is 0 Å². The van der Waals surface area contributed by atoms with Gasteiger partial charge in [-0.2, -0.15) is 0 Å². The zero-order valence-electron chi connectivity index (χ0n) is 13.9. The second kappa shape index (κ2) is 22.6. The topological polar surface area (TPSA) is 0 Å². The summed E-state index contributed by atoms with van der Waals surface area (Å²) in [6.07, 6.45) is 22.7. The van der Waals surface area contributed by atoms with Gasteiger partial charge >= 0.3 is 0 Å². The predicted octanol–water partition coefficient (Wildman–Crippen LogP) is 7.46. The van der Waals surface area contributed by atoms with E-state index in [1.807, 2.05) is 6.08 Å². The van der Waals surface area contributed by atoms with Gasteiger partial charge in [0.25, 0.3) is 0 Å². The maximum Gasteiger partial charge on any atom is -0.0351 e. The molecule has 0 atom stereocenters. The first kappa shape index (κ1) is 20.8. The number of hydrogen-bond donors (Lipinski definition) is 0. The molecule has 0 fully saturated rings. The Morgan fingerprint density at radius 3 is 1.58 bits per heavy atom. The van der Waals surface area contributed by atoms with E-state index in [9.17, 15) is 0 Å². The molecule has 0 aliphatic heterocycles. The highest BCUT2D eigenvalue weighted by Gasteiger charge is 1.85. The van der Waals surface area contributed by atoms with Crippen molar-refractivity contribution in [2.75, 3.05) is 0 Å². The van der Waals surface area contributed by atoms with Crippen molar-refractivity contribution < 1.29 is 0 Å². The summed E-state index contributed by atoms with van der Waals surface area (Å²) in [7, 11) is 0. The number of unbranched alkanes of at least 4 members (excludes halogenated alkanes) is 10. The number of hydrogen-bond acceptors (Lipinski definition) is 0. The molecule has 0 spiro atoms. The first-order valence-electron chi connectivity index (χ1n) is 8.55. The van der Waals surface area contributed by atoms with Crippen LogP contribution >= 0.6 is 0 Å². The molecular formula is C19H38. The van der Waals surface area contributed by atoms with Crippen molar-refractivity contribution in [3.05, 3.63) is 24.8 Å². The van der Waals surface area contributed by atoms with Crippen LogP contribution in [0.3, 0.4) is 0 Å². The van der Waals surface area contributed by atoms with Crippen molar-refractivity contribution in [1.29, 1.82) is 0 Å². The van der Waals surface area contributed by atoms with Gasteiger partial charge in [0.05, 0.1) is 0 Å². The van der Waals surface area contributed by atoms with E-state index in [1.54, 1.807) is 0 Å². The molecule has 0 aliphatic rings. The summed E-state index contributed by atoms with van der Waals surface area (Å²) >= 11 is 0. The largest absolute Gasteiger partial charge is 0.103 e. The van der Waals surface area contributed by atoms with Gasteiger partial charge in [0.2, 0.25) is 0 Å². The Hall–Kier alpha value is -0.520. The Labute approximate surface area is 123 Å². The van der Waals surface area contributed by atoms with Crippen LogP contribution in [0, 0.1) is 0 Å². The molecule has 0 saturated carbocycles. The van der Waals surface area contributed by atoms with Gasteiger partial charge in [0.15, 0.2) is 0 Å². The molecule has 0 heterocycles. The minimum absolute atomic E-state index is 1.20. The van der Waals surface area contributed by atoms with Gasteiger partial charge in [-0.25, -0.2) is 0 Å². The molecule has 0 aromatic rings. The lowest BCUT2D eigenvalue weighted by Crippen LogP contribution is -1.75. The molecule has 0 bridgehead atoms. The molecule has 0 aromatic heterocycles. The molecular weight excluding hydrogens is 228 g/mol. The first-order chi connectivity index (χ1) is 9.33. The predicted molar refractivity (Wildman–Crippen MR) is 91.8 cm³/mol. The fourth-order valence-electron chi connectivity index (χ4n) is 1.92. The number of rotatable bonds is 12. The van der Waals surface area contributed by atoms with Crippen molar-refractivity contribution in [3.8, 4) is 0 Å². The monoisotopic (exact) mass is 266 g/mol. The quantitative estimate of drug-likeness (QED) is 0.254. The summed E-state index contributed by atoms with van der Waals surface area (Å²) in [6.45, 7) is 10.3. The summed E-state index contributed by atoms with van der Waals surface area (Å²) in [6, 6.07) is 0. The summed E-state index contributed by atoms with van der Waals surface area (Å²) in [5, 5.41) is 0. The molecule has 0 N–H and O–H groups in total. The van der Waals surface area contributed by atoms with Crippen molar-refractivity contribution in [3.63, 3.8) is 0 Å². The van der Waals surface area contributed by atoms with Crippen LogP contribution in [0.5, 0.6) is 0 Å². The Kier molecular flexibility index (Phi) is 24.8. The Morgan fingerprint density at radius 2 is 1.16 bits per heavy atom.